The first kappa shape index (κ1) is 19.6. The summed E-state index contributed by atoms with van der Waals surface area (Å²) in [5.41, 5.74) is 3.47. The molecule has 6 nitrogen and oxygen atoms in total. The largest absolute Gasteiger partial charge is 0.454 e. The van der Waals surface area contributed by atoms with Gasteiger partial charge in [-0.1, -0.05) is 35.3 Å². The van der Waals surface area contributed by atoms with Crippen LogP contribution >= 0.6 is 23.2 Å². The van der Waals surface area contributed by atoms with Crippen LogP contribution in [0, 0.1) is 10.1 Å². The molecular weight excluding hydrogens is 413 g/mol. The smallest absolute Gasteiger partial charge is 0.272 e. The lowest BCUT2D eigenvalue weighted by atomic mass is 9.99. The highest BCUT2D eigenvalue weighted by Crippen LogP contribution is 2.40. The van der Waals surface area contributed by atoms with Gasteiger partial charge in [0, 0.05) is 44.2 Å². The summed E-state index contributed by atoms with van der Waals surface area (Å²) in [5.74, 6) is 0.815. The van der Waals surface area contributed by atoms with E-state index in [0.29, 0.717) is 5.75 Å². The number of nitrogens with zero attached hydrogens (tertiary/aromatic N) is 3. The third-order valence-corrected chi connectivity index (χ3v) is 5.37. The van der Waals surface area contributed by atoms with Crippen molar-refractivity contribution in [2.24, 2.45) is 0 Å². The Kier molecular flexibility index (Phi) is 5.67. The van der Waals surface area contributed by atoms with Crippen molar-refractivity contribution < 1.29 is 9.66 Å². The predicted octanol–water partition coefficient (Wildman–Crippen LogP) is 5.65. The van der Waals surface area contributed by atoms with Gasteiger partial charge in [-0.05, 0) is 41.3 Å². The number of fused-ring (bicyclic) bond motifs is 1. The molecule has 3 aromatic rings. The first-order chi connectivity index (χ1) is 14.0. The van der Waals surface area contributed by atoms with Crippen LogP contribution in [0.4, 0.5) is 5.69 Å². The molecule has 4 rings (SSSR count). The zero-order valence-electron chi connectivity index (χ0n) is 15.3. The number of hydrogen-bond donors (Lipinski definition) is 0. The number of non-ortho nitro benzene ring substituents is 1. The summed E-state index contributed by atoms with van der Waals surface area (Å²) in [4.78, 5) is 16.9. The molecule has 0 saturated heterocycles. The number of aromatic nitrogens is 1. The topological polar surface area (TPSA) is 68.5 Å². The Bertz CT molecular complexity index is 1040. The lowest BCUT2D eigenvalue weighted by Crippen LogP contribution is -2.30. The van der Waals surface area contributed by atoms with Crippen molar-refractivity contribution in [3.05, 3.63) is 91.7 Å². The minimum absolute atomic E-state index is 0.101. The maximum absolute atomic E-state index is 10.9. The SMILES string of the molecule is O=[N+]([O-])c1cc(Cl)c(Oc2ccc3c(c2)CCN(Cc2cccnc2)C3)c(Cl)c1. The van der Waals surface area contributed by atoms with Crippen molar-refractivity contribution in [2.75, 3.05) is 6.54 Å². The Morgan fingerprint density at radius 2 is 1.93 bits per heavy atom. The summed E-state index contributed by atoms with van der Waals surface area (Å²) in [6.07, 6.45) is 4.57. The van der Waals surface area contributed by atoms with Crippen LogP contribution in [-0.4, -0.2) is 21.4 Å². The Morgan fingerprint density at radius 1 is 1.14 bits per heavy atom. The Balaban J connectivity index is 1.49. The molecule has 0 radical (unpaired) electrons. The van der Waals surface area contributed by atoms with Crippen LogP contribution in [-0.2, 0) is 19.5 Å². The lowest BCUT2D eigenvalue weighted by Gasteiger charge is -2.29. The molecule has 0 amide bonds. The third-order valence-electron chi connectivity index (χ3n) is 4.81. The summed E-state index contributed by atoms with van der Waals surface area (Å²) in [6.45, 7) is 2.65. The Morgan fingerprint density at radius 3 is 2.62 bits per heavy atom. The first-order valence-corrected chi connectivity index (χ1v) is 9.79. The molecule has 1 aliphatic rings. The molecule has 0 atom stereocenters. The molecular formula is C21H17Cl2N3O3. The van der Waals surface area contributed by atoms with E-state index >= 15 is 0 Å². The third kappa shape index (κ3) is 4.50. The number of pyridine rings is 1. The molecule has 2 heterocycles. The van der Waals surface area contributed by atoms with Crippen molar-refractivity contribution in [1.29, 1.82) is 0 Å². The number of benzene rings is 2. The maximum Gasteiger partial charge on any atom is 0.272 e. The number of ether oxygens (including phenoxy) is 1. The molecule has 0 bridgehead atoms. The Hall–Kier alpha value is -2.67. The fourth-order valence-electron chi connectivity index (χ4n) is 3.40. The van der Waals surface area contributed by atoms with E-state index in [4.69, 9.17) is 27.9 Å². The van der Waals surface area contributed by atoms with Gasteiger partial charge in [-0.25, -0.2) is 0 Å². The van der Waals surface area contributed by atoms with Crippen LogP contribution in [0.5, 0.6) is 11.5 Å². The van der Waals surface area contributed by atoms with Crippen LogP contribution in [0.15, 0.2) is 54.9 Å². The predicted molar refractivity (Wildman–Crippen MR) is 112 cm³/mol. The van der Waals surface area contributed by atoms with Gasteiger partial charge in [0.2, 0.25) is 0 Å². The molecule has 0 aliphatic carbocycles. The molecule has 0 unspecified atom stereocenters. The van der Waals surface area contributed by atoms with E-state index in [0.717, 1.165) is 26.1 Å². The van der Waals surface area contributed by atoms with Crippen LogP contribution in [0.1, 0.15) is 16.7 Å². The van der Waals surface area contributed by atoms with Crippen molar-refractivity contribution in [3.63, 3.8) is 0 Å². The van der Waals surface area contributed by atoms with E-state index in [1.807, 2.05) is 30.5 Å². The van der Waals surface area contributed by atoms with Gasteiger partial charge < -0.3 is 4.74 Å². The van der Waals surface area contributed by atoms with E-state index in [2.05, 4.69) is 16.0 Å². The second kappa shape index (κ2) is 8.37. The van der Waals surface area contributed by atoms with Gasteiger partial charge in [0.25, 0.3) is 5.69 Å². The normalized spacial score (nSPS) is 13.7. The molecule has 0 saturated carbocycles. The van der Waals surface area contributed by atoms with Gasteiger partial charge in [-0.3, -0.25) is 20.0 Å². The highest BCUT2D eigenvalue weighted by molar-refractivity contribution is 6.37. The van der Waals surface area contributed by atoms with Crippen molar-refractivity contribution in [2.45, 2.75) is 19.5 Å². The number of nitro groups is 1. The van der Waals surface area contributed by atoms with Gasteiger partial charge in [-0.15, -0.1) is 0 Å². The number of halogens is 2. The average Bonchev–Trinajstić information content (AvgIpc) is 2.71. The molecule has 1 aliphatic heterocycles. The van der Waals surface area contributed by atoms with E-state index in [1.165, 1.54) is 28.8 Å². The Labute approximate surface area is 177 Å². The summed E-state index contributed by atoms with van der Waals surface area (Å²) in [5, 5.41) is 11.1. The monoisotopic (exact) mass is 429 g/mol. The van der Waals surface area contributed by atoms with Crippen LogP contribution in [0.3, 0.4) is 0 Å². The lowest BCUT2D eigenvalue weighted by molar-refractivity contribution is -0.384. The van der Waals surface area contributed by atoms with Crippen LogP contribution < -0.4 is 4.74 Å². The maximum atomic E-state index is 10.9. The zero-order chi connectivity index (χ0) is 20.4. The number of rotatable bonds is 5. The molecule has 8 heteroatoms. The summed E-state index contributed by atoms with van der Waals surface area (Å²) in [6, 6.07) is 12.4. The first-order valence-electron chi connectivity index (χ1n) is 9.04. The van der Waals surface area contributed by atoms with E-state index < -0.39 is 4.92 Å². The molecule has 1 aromatic heterocycles. The molecule has 148 valence electrons. The molecule has 0 fully saturated rings. The molecule has 0 N–H and O–H groups in total. The van der Waals surface area contributed by atoms with E-state index in [1.54, 1.807) is 6.20 Å². The van der Waals surface area contributed by atoms with Crippen LogP contribution in [0.25, 0.3) is 0 Å². The van der Waals surface area contributed by atoms with Gasteiger partial charge in [0.1, 0.15) is 5.75 Å². The van der Waals surface area contributed by atoms with Crippen molar-refractivity contribution in [1.82, 2.24) is 9.88 Å². The second-order valence-corrected chi connectivity index (χ2v) is 7.66. The minimum Gasteiger partial charge on any atom is -0.454 e. The standard InChI is InChI=1S/C21H17Cl2N3O3/c22-19-9-17(26(27)28)10-20(23)21(19)29-18-4-3-16-13-25(7-5-15(16)8-18)12-14-2-1-6-24-11-14/h1-4,6,8-11H,5,7,12-13H2. The highest BCUT2D eigenvalue weighted by Gasteiger charge is 2.19. The fourth-order valence-corrected chi connectivity index (χ4v) is 3.96. The molecule has 2 aromatic carbocycles. The summed E-state index contributed by atoms with van der Waals surface area (Å²) in [7, 11) is 0. The zero-order valence-corrected chi connectivity index (χ0v) is 16.9. The van der Waals surface area contributed by atoms with Gasteiger partial charge in [0.15, 0.2) is 5.75 Å². The average molecular weight is 430 g/mol. The number of nitro benzene ring substituents is 1. The van der Waals surface area contributed by atoms with Crippen LogP contribution in [0.2, 0.25) is 10.0 Å². The van der Waals surface area contributed by atoms with E-state index in [9.17, 15) is 10.1 Å². The van der Waals surface area contributed by atoms with Gasteiger partial charge >= 0.3 is 0 Å². The quantitative estimate of drug-likeness (QED) is 0.387. The molecule has 0 spiro atoms. The van der Waals surface area contributed by atoms with Gasteiger partial charge in [0.05, 0.1) is 15.0 Å². The fraction of sp³-hybridized carbons (Fsp3) is 0.190. The van der Waals surface area contributed by atoms with Crippen molar-refractivity contribution in [3.8, 4) is 11.5 Å². The van der Waals surface area contributed by atoms with E-state index in [-0.39, 0.29) is 21.5 Å². The van der Waals surface area contributed by atoms with Crippen molar-refractivity contribution >= 4 is 28.9 Å². The number of hydrogen-bond acceptors (Lipinski definition) is 5. The summed E-state index contributed by atoms with van der Waals surface area (Å²) >= 11 is 12.3. The second-order valence-electron chi connectivity index (χ2n) is 6.85. The summed E-state index contributed by atoms with van der Waals surface area (Å²) < 4.78 is 5.85. The minimum atomic E-state index is -0.544. The van der Waals surface area contributed by atoms with Gasteiger partial charge in [-0.2, -0.15) is 0 Å². The molecule has 29 heavy (non-hydrogen) atoms. The highest BCUT2D eigenvalue weighted by atomic mass is 35.5.